The molecule has 0 saturated carbocycles. The fourth-order valence-corrected chi connectivity index (χ4v) is 9.48. The van der Waals surface area contributed by atoms with Gasteiger partial charge in [-0.05, 0) is 122 Å². The van der Waals surface area contributed by atoms with E-state index in [1.807, 2.05) is 221 Å². The second kappa shape index (κ2) is 32.0. The lowest BCUT2D eigenvalue weighted by molar-refractivity contribution is -0.133. The molecule has 0 unspecified atom stereocenters. The number of carboxylic acids is 4. The Balaban J connectivity index is 0.00000115. The molecule has 13 nitrogen and oxygen atoms in total. The van der Waals surface area contributed by atoms with Crippen LogP contribution in [0.5, 0.6) is 28.7 Å². The summed E-state index contributed by atoms with van der Waals surface area (Å²) in [7, 11) is 0. The number of carboxylic acid groups (broad SMARTS) is 4. The van der Waals surface area contributed by atoms with E-state index in [9.17, 15) is 39.6 Å². The Morgan fingerprint density at radius 3 is 0.500 bits per heavy atom. The molecule has 0 amide bonds. The molecule has 0 spiro atoms. The maximum Gasteiger partial charge on any atom is 0.331 e. The zero-order valence-corrected chi connectivity index (χ0v) is 59.3. The molecule has 0 aliphatic carbocycles. The second-order valence-corrected chi connectivity index (χ2v) is 31.8. The molecule has 0 bridgehead atoms. The first kappa shape index (κ1) is 83.9. The second-order valence-electron chi connectivity index (χ2n) is 31.8. The molecule has 0 aliphatic heterocycles. The van der Waals surface area contributed by atoms with Gasteiger partial charge in [-0.3, -0.25) is 0 Å². The Morgan fingerprint density at radius 1 is 0.283 bits per heavy atom. The van der Waals surface area contributed by atoms with Crippen LogP contribution in [0, 0.1) is 0 Å². The molecule has 0 radical (unpaired) electrons. The van der Waals surface area contributed by atoms with Gasteiger partial charge in [-0.1, -0.05) is 267 Å². The Morgan fingerprint density at radius 2 is 0.413 bits per heavy atom. The average Bonchev–Trinajstić information content (AvgIpc) is 0.811. The molecular formula is C79H114O13. The summed E-state index contributed by atoms with van der Waals surface area (Å²) in [6.07, 6.45) is 1.12. The molecule has 92 heavy (non-hydrogen) atoms. The third-order valence-corrected chi connectivity index (χ3v) is 14.8. The molecule has 0 aromatic heterocycles. The summed E-state index contributed by atoms with van der Waals surface area (Å²) in [5, 5.41) is 87.0. The van der Waals surface area contributed by atoms with E-state index >= 15 is 0 Å². The van der Waals surface area contributed by atoms with Gasteiger partial charge in [-0.25, -0.2) is 19.2 Å². The van der Waals surface area contributed by atoms with Gasteiger partial charge in [0.25, 0.3) is 0 Å². The minimum Gasteiger partial charge on any atom is -0.508 e. The molecule has 5 rings (SSSR count). The Bertz CT molecular complexity index is 2880. The number of phenols is 5. The number of carbonyl (C=O) groups is 4. The summed E-state index contributed by atoms with van der Waals surface area (Å²) in [5.41, 5.74) is 9.04. The minimum atomic E-state index is -0.988. The minimum absolute atomic E-state index is 0. The van der Waals surface area contributed by atoms with Crippen LogP contribution < -0.4 is 0 Å². The van der Waals surface area contributed by atoms with Gasteiger partial charge in [-0.15, -0.1) is 0 Å². The number of aromatic hydroxyl groups is 5. The number of benzene rings is 5. The Labute approximate surface area is 552 Å². The largest absolute Gasteiger partial charge is 0.508 e. The highest BCUT2D eigenvalue weighted by molar-refractivity contribution is 5.88. The highest BCUT2D eigenvalue weighted by atomic mass is 16.4. The maximum atomic E-state index is 11.0. The average molecular weight is 1270 g/mol. The van der Waals surface area contributed by atoms with Gasteiger partial charge in [0.05, 0.1) is 0 Å². The summed E-state index contributed by atoms with van der Waals surface area (Å²) < 4.78 is 0. The molecule has 9 N–H and O–H groups in total. The van der Waals surface area contributed by atoms with Gasteiger partial charge in [0.1, 0.15) is 28.7 Å². The zero-order valence-electron chi connectivity index (χ0n) is 59.3. The van der Waals surface area contributed by atoms with Crippen LogP contribution in [0.25, 0.3) is 0 Å². The number of hydrogen-bond acceptors (Lipinski definition) is 9. The third-order valence-electron chi connectivity index (χ3n) is 14.8. The summed E-state index contributed by atoms with van der Waals surface area (Å²) in [5.74, 6) is -2.41. The number of hydrogen-bond donors (Lipinski definition) is 9. The highest BCUT2D eigenvalue weighted by Crippen LogP contribution is 2.44. The number of rotatable bonds is 12. The summed E-state index contributed by atoms with van der Waals surface area (Å²) in [6, 6.07) is 23.8. The maximum absolute atomic E-state index is 11.0. The van der Waals surface area contributed by atoms with Gasteiger partial charge in [0.15, 0.2) is 0 Å². The zero-order chi connectivity index (χ0) is 71.5. The van der Waals surface area contributed by atoms with Crippen molar-refractivity contribution in [3.63, 3.8) is 0 Å². The summed E-state index contributed by atoms with van der Waals surface area (Å²) in [6.45, 7) is 63.1. The standard InChI is InChI=1S/4C18H26O3.C6H6O.CH4/c4*1-11(16(20)21)8-12-9-13(17(2,3)4)15(19)14(10-12)18(5,6)7;7-6-4-2-1-3-5-6;/h4*9-10,19H,1,8H2,2-7H3,(H,20,21);1-5,7H;1H4. The monoisotopic (exact) mass is 1270 g/mol. The van der Waals surface area contributed by atoms with Crippen molar-refractivity contribution in [1.29, 1.82) is 0 Å². The van der Waals surface area contributed by atoms with E-state index in [0.29, 0.717) is 28.7 Å². The van der Waals surface area contributed by atoms with Crippen molar-refractivity contribution >= 4 is 23.9 Å². The molecular weight excluding hydrogens is 1160 g/mol. The smallest absolute Gasteiger partial charge is 0.331 e. The molecule has 508 valence electrons. The molecule has 5 aromatic carbocycles. The van der Waals surface area contributed by atoms with Gasteiger partial charge in [0, 0.05) is 48.0 Å². The summed E-state index contributed by atoms with van der Waals surface area (Å²) >= 11 is 0. The number of phenolic OH excluding ortho intramolecular Hbond substituents is 5. The van der Waals surface area contributed by atoms with Crippen molar-refractivity contribution in [2.24, 2.45) is 0 Å². The predicted molar refractivity (Wildman–Crippen MR) is 379 cm³/mol. The molecule has 0 aliphatic rings. The van der Waals surface area contributed by atoms with Crippen molar-refractivity contribution in [3.8, 4) is 28.7 Å². The van der Waals surface area contributed by atoms with Crippen molar-refractivity contribution < 1.29 is 65.1 Å². The van der Waals surface area contributed by atoms with E-state index in [1.165, 1.54) is 0 Å². The van der Waals surface area contributed by atoms with Crippen LogP contribution in [0.3, 0.4) is 0 Å². The first-order chi connectivity index (χ1) is 40.7. The van der Waals surface area contributed by atoms with Crippen molar-refractivity contribution in [2.45, 2.75) is 243 Å². The van der Waals surface area contributed by atoms with Crippen LogP contribution in [-0.4, -0.2) is 69.8 Å². The lowest BCUT2D eigenvalue weighted by Crippen LogP contribution is -2.18. The van der Waals surface area contributed by atoms with Crippen LogP contribution in [0.15, 0.2) is 127 Å². The van der Waals surface area contributed by atoms with Crippen LogP contribution in [0.1, 0.15) is 240 Å². The quantitative estimate of drug-likeness (QED) is 0.0528. The van der Waals surface area contributed by atoms with Crippen LogP contribution in [0.2, 0.25) is 0 Å². The van der Waals surface area contributed by atoms with Crippen molar-refractivity contribution in [2.75, 3.05) is 0 Å². The molecule has 0 heterocycles. The Hall–Kier alpha value is -8.06. The normalized spacial score (nSPS) is 11.9. The fraction of sp³-hybridized carbons (Fsp3) is 0.468. The summed E-state index contributed by atoms with van der Waals surface area (Å²) in [4.78, 5) is 43.9. The van der Waals surface area contributed by atoms with Gasteiger partial charge in [-0.2, -0.15) is 0 Å². The third kappa shape index (κ3) is 25.9. The molecule has 0 fully saturated rings. The van der Waals surface area contributed by atoms with E-state index in [4.69, 9.17) is 25.5 Å². The fourth-order valence-electron chi connectivity index (χ4n) is 9.48. The van der Waals surface area contributed by atoms with Crippen LogP contribution >= 0.6 is 0 Å². The number of para-hydroxylation sites is 1. The lowest BCUT2D eigenvalue weighted by atomic mass is 9.78. The van der Waals surface area contributed by atoms with E-state index in [0.717, 1.165) is 66.8 Å². The van der Waals surface area contributed by atoms with Crippen molar-refractivity contribution in [3.05, 3.63) is 194 Å². The Kier molecular flexibility index (Phi) is 29.2. The van der Waals surface area contributed by atoms with Gasteiger partial charge < -0.3 is 46.0 Å². The van der Waals surface area contributed by atoms with Crippen molar-refractivity contribution in [1.82, 2.24) is 0 Å². The SMILES string of the molecule is C.C=C(Cc1cc(C(C)(C)C)c(O)c(C(C)(C)C)c1)C(=O)O.C=C(Cc1cc(C(C)(C)C)c(O)c(C(C)(C)C)c1)C(=O)O.C=C(Cc1cc(C(C)(C)C)c(O)c(C(C)(C)C)c1)C(=O)O.C=C(Cc1cc(C(C)(C)C)c(O)c(C(C)(C)C)c1)C(=O)O.Oc1ccccc1. The highest BCUT2D eigenvalue weighted by Gasteiger charge is 2.31. The van der Waals surface area contributed by atoms with E-state index in [2.05, 4.69) is 26.3 Å². The topological polar surface area (TPSA) is 250 Å². The molecule has 5 aromatic rings. The lowest BCUT2D eigenvalue weighted by Gasteiger charge is -2.28. The van der Waals surface area contributed by atoms with Gasteiger partial charge >= 0.3 is 23.9 Å². The van der Waals surface area contributed by atoms with E-state index in [1.54, 1.807) is 24.3 Å². The van der Waals surface area contributed by atoms with Crippen LogP contribution in [0.4, 0.5) is 0 Å². The van der Waals surface area contributed by atoms with Gasteiger partial charge in [0.2, 0.25) is 0 Å². The first-order valence-electron chi connectivity index (χ1n) is 30.6. The first-order valence-corrected chi connectivity index (χ1v) is 30.6. The predicted octanol–water partition coefficient (Wildman–Crippen LogP) is 18.7. The molecule has 0 saturated heterocycles. The van der Waals surface area contributed by atoms with E-state index < -0.39 is 23.9 Å². The van der Waals surface area contributed by atoms with E-state index in [-0.39, 0.29) is 98.7 Å². The van der Waals surface area contributed by atoms with Crippen LogP contribution in [-0.2, 0) is 88.2 Å². The molecule has 0 atom stereocenters. The molecule has 13 heteroatoms. The number of aliphatic carboxylic acids is 4.